The van der Waals surface area contributed by atoms with Gasteiger partial charge in [-0.05, 0) is 81.8 Å². The lowest BCUT2D eigenvalue weighted by atomic mass is 9.69. The highest BCUT2D eigenvalue weighted by atomic mass is 28.3. The fourth-order valence-electron chi connectivity index (χ4n) is 8.01. The van der Waals surface area contributed by atoms with Gasteiger partial charge >= 0.3 is 0 Å². The van der Waals surface area contributed by atoms with E-state index >= 15 is 0 Å². The molecule has 3 aliphatic rings. The Kier molecular flexibility index (Phi) is 10.1. The lowest BCUT2D eigenvalue weighted by molar-refractivity contribution is -0.0207. The van der Waals surface area contributed by atoms with Crippen LogP contribution in [0.2, 0.25) is 25.7 Å². The van der Waals surface area contributed by atoms with Gasteiger partial charge in [0.1, 0.15) is 36.4 Å². The number of aromatic nitrogens is 5. The zero-order valence-electron chi connectivity index (χ0n) is 30.0. The van der Waals surface area contributed by atoms with Gasteiger partial charge in [0.05, 0.1) is 29.9 Å². The second kappa shape index (κ2) is 14.5. The van der Waals surface area contributed by atoms with Crippen molar-refractivity contribution in [3.05, 3.63) is 60.6 Å². The fraction of sp³-hybridized carbons (Fsp3) is 0.579. The van der Waals surface area contributed by atoms with Crippen LogP contribution in [0, 0.1) is 17.1 Å². The molecule has 3 aromatic heterocycles. The van der Waals surface area contributed by atoms with E-state index in [-0.39, 0.29) is 17.5 Å². The molecule has 5 heterocycles. The van der Waals surface area contributed by atoms with Gasteiger partial charge in [0.15, 0.2) is 0 Å². The molecule has 0 radical (unpaired) electrons. The van der Waals surface area contributed by atoms with Gasteiger partial charge in [-0.15, -0.1) is 0 Å². The maximum absolute atomic E-state index is 14.6. The van der Waals surface area contributed by atoms with E-state index in [9.17, 15) is 9.65 Å². The first kappa shape index (κ1) is 34.8. The van der Waals surface area contributed by atoms with Crippen molar-refractivity contribution in [1.29, 1.82) is 5.26 Å². The van der Waals surface area contributed by atoms with Crippen LogP contribution in [0.15, 0.2) is 49.2 Å². The van der Waals surface area contributed by atoms with Gasteiger partial charge in [0, 0.05) is 75.8 Å². The van der Waals surface area contributed by atoms with Crippen LogP contribution < -0.4 is 4.74 Å². The number of nitriles is 1. The van der Waals surface area contributed by atoms with Crippen LogP contribution in [0.25, 0.3) is 22.3 Å². The van der Waals surface area contributed by atoms with Crippen molar-refractivity contribution in [3.8, 4) is 23.1 Å². The quantitative estimate of drug-likeness (QED) is 0.108. The zero-order valence-corrected chi connectivity index (χ0v) is 31.0. The van der Waals surface area contributed by atoms with E-state index in [0.717, 1.165) is 92.4 Å². The van der Waals surface area contributed by atoms with Crippen molar-refractivity contribution >= 4 is 19.1 Å². The molecule has 0 amide bonds. The average molecular weight is 699 g/mol. The normalized spacial score (nSPS) is 23.7. The molecule has 1 saturated carbocycles. The topological polar surface area (TPSA) is 97.3 Å². The molecular formula is C38H51FN8O2Si. The number of likely N-dealkylation sites (tertiary alicyclic amines) is 2. The fourth-order valence-corrected chi connectivity index (χ4v) is 8.77. The largest absolute Gasteiger partial charge is 0.490 e. The van der Waals surface area contributed by atoms with Crippen LogP contribution in [0.4, 0.5) is 4.39 Å². The minimum absolute atomic E-state index is 0.0699. The first-order valence-corrected chi connectivity index (χ1v) is 22.0. The summed E-state index contributed by atoms with van der Waals surface area (Å²) in [5, 5.41) is 15.6. The molecule has 1 aliphatic carbocycles. The van der Waals surface area contributed by atoms with E-state index in [4.69, 9.17) is 14.6 Å². The molecule has 3 fully saturated rings. The molecular weight excluding hydrogens is 648 g/mol. The molecule has 0 N–H and O–H groups in total. The molecule has 7 rings (SSSR count). The van der Waals surface area contributed by atoms with E-state index in [0.29, 0.717) is 31.0 Å². The SMILES string of the molecule is C[C@H]1CCCN1Cc1cc(F)cc(OC2CCN(C3CC(CC#N)(n4cc(-c5ncnc6c5ccn6COCC[Si](C)(C)C)cn4)C3)CC2)c1. The second-order valence-corrected chi connectivity index (χ2v) is 21.6. The molecule has 1 aromatic carbocycles. The molecule has 0 spiro atoms. The number of fused-ring (bicyclic) bond motifs is 1. The van der Waals surface area contributed by atoms with Gasteiger partial charge in [-0.25, -0.2) is 14.4 Å². The number of halogens is 1. The molecule has 50 heavy (non-hydrogen) atoms. The summed E-state index contributed by atoms with van der Waals surface area (Å²) in [7, 11) is -1.15. The number of piperidine rings is 1. The summed E-state index contributed by atoms with van der Waals surface area (Å²) in [6.07, 6.45) is 14.0. The van der Waals surface area contributed by atoms with Crippen LogP contribution in [0.3, 0.4) is 0 Å². The van der Waals surface area contributed by atoms with Crippen molar-refractivity contribution < 1.29 is 13.9 Å². The second-order valence-electron chi connectivity index (χ2n) is 16.0. The molecule has 266 valence electrons. The average Bonchev–Trinajstić information content (AvgIpc) is 3.81. The number of hydrogen-bond donors (Lipinski definition) is 0. The summed E-state index contributed by atoms with van der Waals surface area (Å²) >= 11 is 0. The maximum atomic E-state index is 14.6. The summed E-state index contributed by atoms with van der Waals surface area (Å²) in [5.41, 5.74) is 3.25. The van der Waals surface area contributed by atoms with Crippen molar-refractivity contribution in [2.75, 3.05) is 26.2 Å². The lowest BCUT2D eigenvalue weighted by Gasteiger charge is -2.52. The van der Waals surface area contributed by atoms with Crippen LogP contribution in [0.5, 0.6) is 5.75 Å². The highest BCUT2D eigenvalue weighted by molar-refractivity contribution is 6.76. The Morgan fingerprint density at radius 3 is 2.64 bits per heavy atom. The Labute approximate surface area is 296 Å². The molecule has 0 bridgehead atoms. The molecule has 1 atom stereocenters. The van der Waals surface area contributed by atoms with Gasteiger partial charge < -0.3 is 14.0 Å². The third kappa shape index (κ3) is 7.66. The van der Waals surface area contributed by atoms with Crippen molar-refractivity contribution in [1.82, 2.24) is 34.1 Å². The highest BCUT2D eigenvalue weighted by Gasteiger charge is 2.49. The van der Waals surface area contributed by atoms with E-state index in [2.05, 4.69) is 58.6 Å². The van der Waals surface area contributed by atoms with Crippen LogP contribution in [-0.2, 0) is 23.6 Å². The summed E-state index contributed by atoms with van der Waals surface area (Å²) in [4.78, 5) is 14.2. The standard InChI is InChI=1S/C38H51FN8O2Si/c1-28-6-5-12-45(28)24-29-18-31(39)20-34(19-29)49-33-7-13-44(14-8-33)32-21-38(22-32,10-11-40)47-25-30(23-43-47)36-35-9-15-46(37(35)42-26-41-36)27-48-16-17-50(2,3)4/h9,15,18-20,23,25-26,28,32-33H,5-8,10,12-14,16-17,21-22,24,27H2,1-4H3/t28-,32?,38?/m0/s1. The molecule has 0 unspecified atom stereocenters. The molecule has 12 heteroatoms. The predicted octanol–water partition coefficient (Wildman–Crippen LogP) is 7.05. The maximum Gasteiger partial charge on any atom is 0.145 e. The van der Waals surface area contributed by atoms with Crippen LogP contribution in [0.1, 0.15) is 57.4 Å². The molecule has 4 aromatic rings. The number of nitrogens with zero attached hydrogens (tertiary/aromatic N) is 8. The van der Waals surface area contributed by atoms with E-state index in [1.165, 1.54) is 18.9 Å². The zero-order chi connectivity index (χ0) is 34.9. The Balaban J connectivity index is 0.952. The molecule has 2 aliphatic heterocycles. The van der Waals surface area contributed by atoms with E-state index in [1.54, 1.807) is 12.4 Å². The highest BCUT2D eigenvalue weighted by Crippen LogP contribution is 2.46. The van der Waals surface area contributed by atoms with Crippen LogP contribution in [-0.4, -0.2) is 86.6 Å². The minimum atomic E-state index is -1.15. The Morgan fingerprint density at radius 1 is 1.08 bits per heavy atom. The number of ether oxygens (including phenoxy) is 2. The van der Waals surface area contributed by atoms with E-state index < -0.39 is 8.07 Å². The number of hydrogen-bond acceptors (Lipinski definition) is 8. The molecule has 10 nitrogen and oxygen atoms in total. The summed E-state index contributed by atoms with van der Waals surface area (Å²) in [5.74, 6) is 0.409. The van der Waals surface area contributed by atoms with Crippen LogP contribution >= 0.6 is 0 Å². The van der Waals surface area contributed by atoms with Gasteiger partial charge in [0.2, 0.25) is 0 Å². The third-order valence-corrected chi connectivity index (χ3v) is 12.8. The van der Waals surface area contributed by atoms with Crippen molar-refractivity contribution in [2.45, 2.75) is 115 Å². The van der Waals surface area contributed by atoms with Gasteiger partial charge in [-0.2, -0.15) is 10.4 Å². The van der Waals surface area contributed by atoms with E-state index in [1.807, 2.05) is 33.8 Å². The first-order chi connectivity index (χ1) is 24.1. The molecule has 2 saturated heterocycles. The smallest absolute Gasteiger partial charge is 0.145 e. The minimum Gasteiger partial charge on any atom is -0.490 e. The monoisotopic (exact) mass is 698 g/mol. The van der Waals surface area contributed by atoms with Gasteiger partial charge in [-0.3, -0.25) is 14.5 Å². The summed E-state index contributed by atoms with van der Waals surface area (Å²) in [6.45, 7) is 14.2. The summed E-state index contributed by atoms with van der Waals surface area (Å²) < 4.78 is 30.9. The number of benzene rings is 1. The Hall–Kier alpha value is -3.63. The Morgan fingerprint density at radius 2 is 1.90 bits per heavy atom. The van der Waals surface area contributed by atoms with Crippen molar-refractivity contribution in [3.63, 3.8) is 0 Å². The van der Waals surface area contributed by atoms with Gasteiger partial charge in [0.25, 0.3) is 0 Å². The number of rotatable bonds is 13. The van der Waals surface area contributed by atoms with Crippen molar-refractivity contribution in [2.24, 2.45) is 0 Å². The summed E-state index contributed by atoms with van der Waals surface area (Å²) in [6, 6.07) is 11.7. The van der Waals surface area contributed by atoms with Gasteiger partial charge in [-0.1, -0.05) is 19.6 Å². The Bertz CT molecular complexity index is 1820. The first-order valence-electron chi connectivity index (χ1n) is 18.3. The third-order valence-electron chi connectivity index (χ3n) is 11.1. The predicted molar refractivity (Wildman–Crippen MR) is 195 cm³/mol. The lowest BCUT2D eigenvalue weighted by Crippen LogP contribution is -2.58.